The lowest BCUT2D eigenvalue weighted by Crippen LogP contribution is -2.37. The largest absolute Gasteiger partial charge is 0.0654 e. The van der Waals surface area contributed by atoms with Crippen molar-refractivity contribution in [2.75, 3.05) is 0 Å². The summed E-state index contributed by atoms with van der Waals surface area (Å²) >= 11 is 0. The van der Waals surface area contributed by atoms with Crippen molar-refractivity contribution in [2.24, 2.45) is 0 Å². The second kappa shape index (κ2) is 6.08. The van der Waals surface area contributed by atoms with Gasteiger partial charge in [-0.15, -0.1) is 0 Å². The molecule has 0 aliphatic heterocycles. The van der Waals surface area contributed by atoms with Crippen LogP contribution in [0.4, 0.5) is 0 Å². The maximum Gasteiger partial charge on any atom is 0.0482 e. The second-order valence-electron chi connectivity index (χ2n) is 6.38. The zero-order chi connectivity index (χ0) is 12.1. The Morgan fingerprint density at radius 3 is 1.47 bits per heavy atom. The zero-order valence-corrected chi connectivity index (χ0v) is 13.3. The summed E-state index contributed by atoms with van der Waals surface area (Å²) in [4.78, 5) is 0. The lowest BCUT2D eigenvalue weighted by molar-refractivity contribution is 0.541. The molecule has 0 aromatic carbocycles. The van der Waals surface area contributed by atoms with E-state index in [1.807, 2.05) is 0 Å². The van der Waals surface area contributed by atoms with Gasteiger partial charge in [0.15, 0.2) is 0 Å². The van der Waals surface area contributed by atoms with E-state index in [0.717, 1.165) is 0 Å². The van der Waals surface area contributed by atoms with Crippen LogP contribution in [0, 0.1) is 0 Å². The third-order valence-electron chi connectivity index (χ3n) is 4.56. The Hall–Kier alpha value is 0.217. The molecule has 0 fully saturated rings. The van der Waals surface area contributed by atoms with Crippen molar-refractivity contribution in [3.8, 4) is 0 Å². The Morgan fingerprint density at radius 2 is 1.20 bits per heavy atom. The van der Waals surface area contributed by atoms with Crippen LogP contribution in [0.15, 0.2) is 0 Å². The lowest BCUT2D eigenvalue weighted by Gasteiger charge is -2.43. The summed E-state index contributed by atoms with van der Waals surface area (Å²) < 4.78 is 0. The standard InChI is InChI=1S/C14H32Si/c1-8-11-12-15(13(4,5)9-2)14(6,7)10-3/h15H,8-12H2,1-7H3. The molecule has 1 heteroatoms. The van der Waals surface area contributed by atoms with Gasteiger partial charge in [-0.1, -0.05) is 80.2 Å². The van der Waals surface area contributed by atoms with E-state index >= 15 is 0 Å². The van der Waals surface area contributed by atoms with Gasteiger partial charge in [0.1, 0.15) is 0 Å². The van der Waals surface area contributed by atoms with Crippen LogP contribution < -0.4 is 0 Å². The van der Waals surface area contributed by atoms with E-state index in [1.165, 1.54) is 31.7 Å². The van der Waals surface area contributed by atoms with E-state index in [4.69, 9.17) is 0 Å². The molecular formula is C14H32Si. The third kappa shape index (κ3) is 4.30. The minimum atomic E-state index is -0.670. The normalized spacial score (nSPS) is 13.6. The molecule has 0 unspecified atom stereocenters. The van der Waals surface area contributed by atoms with Crippen LogP contribution in [-0.4, -0.2) is 8.80 Å². The maximum absolute atomic E-state index is 2.51. The molecule has 0 atom stereocenters. The van der Waals surface area contributed by atoms with Gasteiger partial charge in [0.25, 0.3) is 0 Å². The summed E-state index contributed by atoms with van der Waals surface area (Å²) in [5.41, 5.74) is 0. The first-order chi connectivity index (χ1) is 6.81. The summed E-state index contributed by atoms with van der Waals surface area (Å²) in [7, 11) is -0.670. The summed E-state index contributed by atoms with van der Waals surface area (Å²) in [5, 5.41) is 1.27. The minimum absolute atomic E-state index is 0.634. The molecule has 0 aliphatic rings. The molecule has 0 amide bonds. The van der Waals surface area contributed by atoms with Crippen LogP contribution in [0.5, 0.6) is 0 Å². The topological polar surface area (TPSA) is 0 Å². The van der Waals surface area contributed by atoms with E-state index in [9.17, 15) is 0 Å². The van der Waals surface area contributed by atoms with Gasteiger partial charge >= 0.3 is 0 Å². The average Bonchev–Trinajstić information content (AvgIpc) is 2.18. The van der Waals surface area contributed by atoms with E-state index in [-0.39, 0.29) is 0 Å². The van der Waals surface area contributed by atoms with Crippen molar-refractivity contribution in [1.29, 1.82) is 0 Å². The highest BCUT2D eigenvalue weighted by Gasteiger charge is 2.39. The average molecular weight is 228 g/mol. The fraction of sp³-hybridized carbons (Fsp3) is 1.00. The predicted octanol–water partition coefficient (Wildman–Crippen LogP) is 5.39. The van der Waals surface area contributed by atoms with Crippen LogP contribution >= 0.6 is 0 Å². The summed E-state index contributed by atoms with van der Waals surface area (Å²) in [6.45, 7) is 17.1. The first-order valence-electron chi connectivity index (χ1n) is 6.81. The van der Waals surface area contributed by atoms with Gasteiger partial charge in [0.05, 0.1) is 0 Å². The molecule has 92 valence electrons. The van der Waals surface area contributed by atoms with Crippen LogP contribution in [-0.2, 0) is 0 Å². The van der Waals surface area contributed by atoms with Crippen molar-refractivity contribution < 1.29 is 0 Å². The van der Waals surface area contributed by atoms with E-state index in [2.05, 4.69) is 48.5 Å². The first-order valence-corrected chi connectivity index (χ1v) is 8.79. The quantitative estimate of drug-likeness (QED) is 0.512. The molecule has 0 nitrogen and oxygen atoms in total. The molecule has 0 radical (unpaired) electrons. The van der Waals surface area contributed by atoms with Gasteiger partial charge in [-0.05, 0) is 10.1 Å². The summed E-state index contributed by atoms with van der Waals surface area (Å²) in [6.07, 6.45) is 5.53. The fourth-order valence-corrected chi connectivity index (χ4v) is 8.22. The van der Waals surface area contributed by atoms with Crippen LogP contribution in [0.2, 0.25) is 16.1 Å². The molecule has 0 heterocycles. The molecule has 0 spiro atoms. The van der Waals surface area contributed by atoms with E-state index in [0.29, 0.717) is 10.1 Å². The Bertz CT molecular complexity index is 154. The summed E-state index contributed by atoms with van der Waals surface area (Å²) in [5.74, 6) is 0. The van der Waals surface area contributed by atoms with Gasteiger partial charge in [-0.3, -0.25) is 0 Å². The highest BCUT2D eigenvalue weighted by atomic mass is 28.3. The van der Waals surface area contributed by atoms with Gasteiger partial charge in [-0.25, -0.2) is 0 Å². The lowest BCUT2D eigenvalue weighted by atomic mass is 10.1. The number of hydrogen-bond acceptors (Lipinski definition) is 0. The molecule has 0 bridgehead atoms. The van der Waals surface area contributed by atoms with Crippen molar-refractivity contribution >= 4 is 8.80 Å². The summed E-state index contributed by atoms with van der Waals surface area (Å²) in [6, 6.07) is 1.54. The fourth-order valence-electron chi connectivity index (χ4n) is 2.74. The molecule has 0 aliphatic carbocycles. The van der Waals surface area contributed by atoms with Crippen molar-refractivity contribution in [3.63, 3.8) is 0 Å². The van der Waals surface area contributed by atoms with Crippen molar-refractivity contribution in [1.82, 2.24) is 0 Å². The number of unbranched alkanes of at least 4 members (excludes halogenated alkanes) is 1. The van der Waals surface area contributed by atoms with Crippen molar-refractivity contribution in [3.05, 3.63) is 0 Å². The Kier molecular flexibility index (Phi) is 6.16. The van der Waals surface area contributed by atoms with E-state index in [1.54, 1.807) is 0 Å². The van der Waals surface area contributed by atoms with Crippen LogP contribution in [0.25, 0.3) is 0 Å². The minimum Gasteiger partial charge on any atom is -0.0654 e. The highest BCUT2D eigenvalue weighted by molar-refractivity contribution is 6.65. The third-order valence-corrected chi connectivity index (χ3v) is 10.1. The SMILES string of the molecule is CCCC[SiH](C(C)(C)CC)C(C)(C)CC. The molecule has 0 aromatic heterocycles. The molecule has 15 heavy (non-hydrogen) atoms. The monoisotopic (exact) mass is 228 g/mol. The highest BCUT2D eigenvalue weighted by Crippen LogP contribution is 2.48. The van der Waals surface area contributed by atoms with Gasteiger partial charge in [0.2, 0.25) is 0 Å². The van der Waals surface area contributed by atoms with Crippen LogP contribution in [0.3, 0.4) is 0 Å². The Balaban J connectivity index is 4.72. The van der Waals surface area contributed by atoms with Gasteiger partial charge < -0.3 is 0 Å². The molecule has 0 N–H and O–H groups in total. The Morgan fingerprint density at radius 1 is 0.800 bits per heavy atom. The molecule has 0 rings (SSSR count). The second-order valence-corrected chi connectivity index (χ2v) is 11.2. The van der Waals surface area contributed by atoms with Crippen molar-refractivity contribution in [2.45, 2.75) is 90.3 Å². The number of hydrogen-bond donors (Lipinski definition) is 0. The smallest absolute Gasteiger partial charge is 0.0482 e. The molecule has 0 aromatic rings. The zero-order valence-electron chi connectivity index (χ0n) is 12.1. The Labute approximate surface area is 99.5 Å². The predicted molar refractivity (Wildman–Crippen MR) is 75.5 cm³/mol. The van der Waals surface area contributed by atoms with Crippen LogP contribution in [0.1, 0.15) is 74.1 Å². The molecular weight excluding hydrogens is 196 g/mol. The molecule has 0 saturated carbocycles. The van der Waals surface area contributed by atoms with E-state index < -0.39 is 8.80 Å². The number of rotatable bonds is 7. The van der Waals surface area contributed by atoms with Gasteiger partial charge in [0, 0.05) is 8.80 Å². The molecule has 0 saturated heterocycles. The maximum atomic E-state index is 2.51. The van der Waals surface area contributed by atoms with Gasteiger partial charge in [-0.2, -0.15) is 0 Å². The first kappa shape index (κ1) is 15.2.